The van der Waals surface area contributed by atoms with Crippen molar-refractivity contribution in [3.63, 3.8) is 0 Å². The van der Waals surface area contributed by atoms with Gasteiger partial charge >= 0.3 is 29.6 Å². The third-order valence-electron chi connectivity index (χ3n) is 0.861. The molecule has 2 N–H and O–H groups in total. The molecule has 0 rings (SSSR count). The predicted octanol–water partition coefficient (Wildman–Crippen LogP) is -1.57. The molecular weight excluding hydrogens is 285 g/mol. The first-order valence-electron chi connectivity index (χ1n) is 3.75. The van der Waals surface area contributed by atoms with Crippen molar-refractivity contribution in [3.05, 3.63) is 6.57 Å². The zero-order valence-electron chi connectivity index (χ0n) is 8.91. The van der Waals surface area contributed by atoms with Crippen LogP contribution in [-0.2, 0) is 0 Å². The first kappa shape index (κ1) is 25.6. The molecule has 0 spiro atoms. The standard InChI is InChI=1S/C4H6ClNO.C3H6Cl2O.CN.Na/c5-3-4(7)1-2-6;4-1-3(6)2-5;1-2;/h4,7H,1,3H2;3,6H,1-2H2;;/q;;-1;+1/t4-;;;/m1.../s1. The molecule has 1 atom stereocenters. The zero-order valence-corrected chi connectivity index (χ0v) is 13.2. The molecule has 0 aliphatic heterocycles. The minimum absolute atomic E-state index is 0. The summed E-state index contributed by atoms with van der Waals surface area (Å²) in [6.45, 7) is 4.75. The summed E-state index contributed by atoms with van der Waals surface area (Å²) in [4.78, 5) is 0. The van der Waals surface area contributed by atoms with Gasteiger partial charge < -0.3 is 22.0 Å². The van der Waals surface area contributed by atoms with Crippen LogP contribution < -0.4 is 29.6 Å². The molecule has 0 amide bonds. The van der Waals surface area contributed by atoms with E-state index in [1.807, 2.05) is 0 Å². The van der Waals surface area contributed by atoms with Gasteiger partial charge in [-0.1, -0.05) is 0 Å². The number of hydrogen-bond acceptors (Lipinski definition) is 4. The molecule has 0 bridgehead atoms. The maximum absolute atomic E-state index is 8.50. The van der Waals surface area contributed by atoms with Crippen LogP contribution in [0.2, 0.25) is 0 Å². The van der Waals surface area contributed by atoms with E-state index in [0.717, 1.165) is 0 Å². The van der Waals surface area contributed by atoms with E-state index in [0.29, 0.717) is 0 Å². The molecule has 0 unspecified atom stereocenters. The largest absolute Gasteiger partial charge is 1.00 e. The van der Waals surface area contributed by atoms with Gasteiger partial charge in [-0.3, -0.25) is 0 Å². The van der Waals surface area contributed by atoms with Crippen LogP contribution in [0.15, 0.2) is 0 Å². The Kier molecular flexibility index (Phi) is 39.7. The Labute approximate surface area is 133 Å². The van der Waals surface area contributed by atoms with Crippen LogP contribution in [0.4, 0.5) is 0 Å². The van der Waals surface area contributed by atoms with Crippen molar-refractivity contribution < 1.29 is 39.8 Å². The van der Waals surface area contributed by atoms with E-state index in [1.165, 1.54) is 0 Å². The van der Waals surface area contributed by atoms with Gasteiger partial charge in [-0.25, -0.2) is 0 Å². The second-order valence-electron chi connectivity index (χ2n) is 2.13. The summed E-state index contributed by atoms with van der Waals surface area (Å²) in [7, 11) is 0. The van der Waals surface area contributed by atoms with Crippen molar-refractivity contribution in [1.82, 2.24) is 0 Å². The molecule has 0 saturated heterocycles. The van der Waals surface area contributed by atoms with Gasteiger partial charge in [-0.05, 0) is 0 Å². The number of nitrogens with zero attached hydrogens (tertiary/aromatic N) is 2. The van der Waals surface area contributed by atoms with E-state index in [2.05, 4.69) is 0 Å². The van der Waals surface area contributed by atoms with Crippen molar-refractivity contribution >= 4 is 34.8 Å². The summed E-state index contributed by atoms with van der Waals surface area (Å²) in [5.74, 6) is 0.598. The normalized spacial score (nSPS) is 9.44. The van der Waals surface area contributed by atoms with E-state index >= 15 is 0 Å². The summed E-state index contributed by atoms with van der Waals surface area (Å²) >= 11 is 15.4. The van der Waals surface area contributed by atoms with Crippen LogP contribution in [0, 0.1) is 23.2 Å². The van der Waals surface area contributed by atoms with Crippen LogP contribution in [-0.4, -0.2) is 40.1 Å². The quantitative estimate of drug-likeness (QED) is 0.373. The van der Waals surface area contributed by atoms with E-state index in [-0.39, 0.29) is 53.6 Å². The SMILES string of the molecule is N#CC[C@@H](O)CCl.OC(CCl)CCl.[C-]#N.[Na+]. The number of alkyl halides is 3. The van der Waals surface area contributed by atoms with Crippen LogP contribution in [0.25, 0.3) is 0 Å². The fourth-order valence-electron chi connectivity index (χ4n) is 0.201. The van der Waals surface area contributed by atoms with E-state index in [9.17, 15) is 0 Å². The van der Waals surface area contributed by atoms with Gasteiger partial charge in [0, 0.05) is 17.6 Å². The minimum atomic E-state index is -0.647. The Hall–Kier alpha value is 0.770. The van der Waals surface area contributed by atoms with Crippen LogP contribution in [0.5, 0.6) is 0 Å². The van der Waals surface area contributed by atoms with Gasteiger partial charge in [0.05, 0.1) is 24.7 Å². The Morgan fingerprint density at radius 3 is 1.38 bits per heavy atom. The Bertz CT molecular complexity index is 174. The fraction of sp³-hybridized carbons (Fsp3) is 0.750. The number of aliphatic hydroxyl groups excluding tert-OH is 2. The van der Waals surface area contributed by atoms with Crippen LogP contribution in [0.3, 0.4) is 0 Å². The van der Waals surface area contributed by atoms with Gasteiger partial charge in [-0.15, -0.1) is 34.8 Å². The van der Waals surface area contributed by atoms with Crippen LogP contribution >= 0.6 is 34.8 Å². The Balaban J connectivity index is -0.0000000743. The van der Waals surface area contributed by atoms with E-state index in [4.69, 9.17) is 62.1 Å². The Morgan fingerprint density at radius 1 is 1.00 bits per heavy atom. The molecule has 8 heteroatoms. The molecule has 0 aliphatic rings. The van der Waals surface area contributed by atoms with Gasteiger partial charge in [0.15, 0.2) is 0 Å². The molecule has 16 heavy (non-hydrogen) atoms. The number of halogens is 3. The molecule has 88 valence electrons. The van der Waals surface area contributed by atoms with Crippen molar-refractivity contribution in [2.24, 2.45) is 0 Å². The summed E-state index contributed by atoms with van der Waals surface area (Å²) in [6.07, 6.45) is -1.05. The molecule has 0 aromatic heterocycles. The fourth-order valence-corrected chi connectivity index (χ4v) is 0.640. The van der Waals surface area contributed by atoms with Gasteiger partial charge in [-0.2, -0.15) is 5.26 Å². The summed E-state index contributed by atoms with van der Waals surface area (Å²) < 4.78 is 0. The maximum atomic E-state index is 8.50. The summed E-state index contributed by atoms with van der Waals surface area (Å²) in [5, 5.41) is 31.1. The first-order chi connectivity index (χ1) is 7.12. The maximum Gasteiger partial charge on any atom is 1.00 e. The summed E-state index contributed by atoms with van der Waals surface area (Å²) in [6, 6.07) is 1.78. The molecular formula is C8H12Cl3N2NaO2. The number of nitriles is 1. The molecule has 0 aliphatic carbocycles. The average Bonchev–Trinajstić information content (AvgIpc) is 2.31. The van der Waals surface area contributed by atoms with Crippen LogP contribution in [0.1, 0.15) is 6.42 Å². The molecule has 0 saturated carbocycles. The van der Waals surface area contributed by atoms with Crippen molar-refractivity contribution in [1.29, 1.82) is 10.5 Å². The van der Waals surface area contributed by atoms with E-state index < -0.39 is 12.2 Å². The number of rotatable bonds is 4. The predicted molar refractivity (Wildman–Crippen MR) is 59.4 cm³/mol. The van der Waals surface area contributed by atoms with Gasteiger partial charge in [0.25, 0.3) is 0 Å². The second-order valence-corrected chi connectivity index (χ2v) is 3.06. The number of hydrogen-bond donors (Lipinski definition) is 2. The third kappa shape index (κ3) is 29.3. The average molecular weight is 298 g/mol. The van der Waals surface area contributed by atoms with Gasteiger partial charge in [0.2, 0.25) is 0 Å². The Morgan fingerprint density at radius 2 is 1.31 bits per heavy atom. The minimum Gasteiger partial charge on any atom is -0.512 e. The zero-order chi connectivity index (χ0) is 12.7. The molecule has 0 aromatic rings. The third-order valence-corrected chi connectivity index (χ3v) is 1.93. The molecule has 0 aromatic carbocycles. The smallest absolute Gasteiger partial charge is 0.512 e. The monoisotopic (exact) mass is 296 g/mol. The van der Waals surface area contributed by atoms with E-state index in [1.54, 1.807) is 6.07 Å². The molecule has 0 heterocycles. The van der Waals surface area contributed by atoms with Crippen molar-refractivity contribution in [2.45, 2.75) is 18.6 Å². The van der Waals surface area contributed by atoms with Crippen molar-refractivity contribution in [3.8, 4) is 6.07 Å². The van der Waals surface area contributed by atoms with Gasteiger partial charge in [0.1, 0.15) is 0 Å². The molecule has 0 radical (unpaired) electrons. The second kappa shape index (κ2) is 24.8. The molecule has 4 nitrogen and oxygen atoms in total. The topological polar surface area (TPSA) is 88.0 Å². The number of aliphatic hydroxyl groups is 2. The molecule has 0 fully saturated rings. The first-order valence-corrected chi connectivity index (χ1v) is 5.36. The van der Waals surface area contributed by atoms with Crippen molar-refractivity contribution in [2.75, 3.05) is 17.6 Å². The summed E-state index contributed by atoms with van der Waals surface area (Å²) in [5.41, 5.74) is 0.